The third kappa shape index (κ3) is 4.32. The highest BCUT2D eigenvalue weighted by Gasteiger charge is 2.14. The maximum atomic E-state index is 12.0. The molecule has 0 fully saturated rings. The molecule has 0 unspecified atom stereocenters. The molecule has 2 rings (SSSR count). The highest BCUT2D eigenvalue weighted by Crippen LogP contribution is 2.33. The van der Waals surface area contributed by atoms with E-state index in [1.807, 2.05) is 32.0 Å². The van der Waals surface area contributed by atoms with Gasteiger partial charge in [-0.1, -0.05) is 12.7 Å². The Labute approximate surface area is 140 Å². The fourth-order valence-electron chi connectivity index (χ4n) is 1.92. The lowest BCUT2D eigenvalue weighted by molar-refractivity contribution is 0.0939. The topological polar surface area (TPSA) is 60.5 Å². The zero-order valence-corrected chi connectivity index (χ0v) is 14.3. The number of carbonyl (C=O) groups excluding carboxylic acids is 1. The second-order valence-electron chi connectivity index (χ2n) is 5.13. The number of benzene rings is 1. The Kier molecular flexibility index (Phi) is 5.76. The Balaban J connectivity index is 2.23. The van der Waals surface area contributed by atoms with Gasteiger partial charge in [0.25, 0.3) is 5.91 Å². The summed E-state index contributed by atoms with van der Waals surface area (Å²) in [5, 5.41) is 5.34. The first-order valence-electron chi connectivity index (χ1n) is 7.23. The Morgan fingerprint density at radius 1 is 1.43 bits per heavy atom. The van der Waals surface area contributed by atoms with E-state index in [1.54, 1.807) is 18.6 Å². The fraction of sp³-hybridized carbons (Fsp3) is 0.294. The van der Waals surface area contributed by atoms with E-state index in [2.05, 4.69) is 16.9 Å². The number of rotatable bonds is 7. The second-order valence-corrected chi connectivity index (χ2v) is 5.99. The molecule has 0 aliphatic heterocycles. The molecule has 23 heavy (non-hydrogen) atoms. The first kappa shape index (κ1) is 17.0. The molecule has 1 amide bonds. The van der Waals surface area contributed by atoms with Crippen LogP contribution in [0.15, 0.2) is 36.2 Å². The number of hydrogen-bond donors (Lipinski definition) is 1. The van der Waals surface area contributed by atoms with Crippen molar-refractivity contribution >= 4 is 17.2 Å². The van der Waals surface area contributed by atoms with Gasteiger partial charge in [-0.2, -0.15) is 0 Å². The van der Waals surface area contributed by atoms with E-state index in [0.29, 0.717) is 23.8 Å². The molecule has 0 radical (unpaired) electrons. The molecule has 122 valence electrons. The highest BCUT2D eigenvalue weighted by molar-refractivity contribution is 7.13. The summed E-state index contributed by atoms with van der Waals surface area (Å²) in [7, 11) is 1.59. The number of thiazole rings is 1. The summed E-state index contributed by atoms with van der Waals surface area (Å²) in [5.74, 6) is 1.10. The largest absolute Gasteiger partial charge is 0.493 e. The minimum absolute atomic E-state index is 0.0778. The van der Waals surface area contributed by atoms with Crippen molar-refractivity contribution in [3.8, 4) is 22.1 Å². The number of nitrogens with one attached hydrogen (secondary N) is 1. The van der Waals surface area contributed by atoms with Crippen LogP contribution < -0.4 is 14.8 Å². The molecular formula is C17H20N2O3S. The van der Waals surface area contributed by atoms with Crippen molar-refractivity contribution in [1.29, 1.82) is 0 Å². The summed E-state index contributed by atoms with van der Waals surface area (Å²) in [4.78, 5) is 16.4. The second kappa shape index (κ2) is 7.78. The van der Waals surface area contributed by atoms with Crippen molar-refractivity contribution in [2.24, 2.45) is 0 Å². The predicted molar refractivity (Wildman–Crippen MR) is 92.4 cm³/mol. The molecule has 5 nitrogen and oxygen atoms in total. The maximum Gasteiger partial charge on any atom is 0.270 e. The lowest BCUT2D eigenvalue weighted by Gasteiger charge is -2.10. The van der Waals surface area contributed by atoms with E-state index < -0.39 is 0 Å². The van der Waals surface area contributed by atoms with Crippen LogP contribution in [0.2, 0.25) is 0 Å². The van der Waals surface area contributed by atoms with Gasteiger partial charge in [0, 0.05) is 17.0 Å². The summed E-state index contributed by atoms with van der Waals surface area (Å²) < 4.78 is 10.9. The summed E-state index contributed by atoms with van der Waals surface area (Å²) in [5.41, 5.74) is 1.30. The average Bonchev–Trinajstić information content (AvgIpc) is 3.02. The summed E-state index contributed by atoms with van der Waals surface area (Å²) in [6, 6.07) is 5.65. The molecule has 0 saturated carbocycles. The van der Waals surface area contributed by atoms with Gasteiger partial charge in [0.15, 0.2) is 11.5 Å². The van der Waals surface area contributed by atoms with Crippen LogP contribution in [0.1, 0.15) is 24.3 Å². The van der Waals surface area contributed by atoms with Crippen molar-refractivity contribution < 1.29 is 14.3 Å². The van der Waals surface area contributed by atoms with Crippen LogP contribution in [0.5, 0.6) is 11.5 Å². The first-order chi connectivity index (χ1) is 11.0. The molecule has 0 aliphatic rings. The minimum Gasteiger partial charge on any atom is -0.493 e. The van der Waals surface area contributed by atoms with Crippen LogP contribution in [-0.4, -0.2) is 30.6 Å². The van der Waals surface area contributed by atoms with Crippen molar-refractivity contribution in [3.05, 3.63) is 41.9 Å². The van der Waals surface area contributed by atoms with Gasteiger partial charge >= 0.3 is 0 Å². The number of aromatic nitrogens is 1. The molecule has 0 saturated heterocycles. The molecule has 0 bridgehead atoms. The maximum absolute atomic E-state index is 12.0. The van der Waals surface area contributed by atoms with Crippen LogP contribution in [0.4, 0.5) is 0 Å². The standard InChI is InChI=1S/C17H20N2O3S/c1-5-8-22-14-7-6-12(9-15(14)21-4)17-19-13(10-23-17)16(20)18-11(2)3/h5-7,9-11H,1,8H2,2-4H3,(H,18,20). The van der Waals surface area contributed by atoms with E-state index in [1.165, 1.54) is 11.3 Å². The number of carbonyl (C=O) groups is 1. The normalized spacial score (nSPS) is 10.4. The van der Waals surface area contributed by atoms with Gasteiger partial charge in [-0.05, 0) is 32.0 Å². The van der Waals surface area contributed by atoms with Crippen LogP contribution >= 0.6 is 11.3 Å². The van der Waals surface area contributed by atoms with Crippen molar-refractivity contribution in [3.63, 3.8) is 0 Å². The van der Waals surface area contributed by atoms with Crippen molar-refractivity contribution in [2.75, 3.05) is 13.7 Å². The summed E-state index contributed by atoms with van der Waals surface area (Å²) in [6.07, 6.45) is 1.67. The molecule has 0 aliphatic carbocycles. The average molecular weight is 332 g/mol. The monoisotopic (exact) mass is 332 g/mol. The van der Waals surface area contributed by atoms with E-state index >= 15 is 0 Å². The van der Waals surface area contributed by atoms with Gasteiger partial charge in [-0.3, -0.25) is 4.79 Å². The minimum atomic E-state index is -0.166. The van der Waals surface area contributed by atoms with E-state index in [-0.39, 0.29) is 11.9 Å². The van der Waals surface area contributed by atoms with E-state index in [0.717, 1.165) is 10.6 Å². The van der Waals surface area contributed by atoms with Gasteiger partial charge < -0.3 is 14.8 Å². The zero-order chi connectivity index (χ0) is 16.8. The van der Waals surface area contributed by atoms with Gasteiger partial charge in [-0.15, -0.1) is 11.3 Å². The van der Waals surface area contributed by atoms with E-state index in [9.17, 15) is 4.79 Å². The quantitative estimate of drug-likeness (QED) is 0.788. The molecular weight excluding hydrogens is 312 g/mol. The van der Waals surface area contributed by atoms with Crippen molar-refractivity contribution in [1.82, 2.24) is 10.3 Å². The van der Waals surface area contributed by atoms with E-state index in [4.69, 9.17) is 9.47 Å². The predicted octanol–water partition coefficient (Wildman–Crippen LogP) is 3.52. The van der Waals surface area contributed by atoms with Gasteiger partial charge in [0.1, 0.15) is 17.3 Å². The smallest absolute Gasteiger partial charge is 0.270 e. The van der Waals surface area contributed by atoms with Crippen LogP contribution in [0.3, 0.4) is 0 Å². The molecule has 1 aromatic heterocycles. The molecule has 0 spiro atoms. The Morgan fingerprint density at radius 2 is 2.22 bits per heavy atom. The fourth-order valence-corrected chi connectivity index (χ4v) is 2.71. The van der Waals surface area contributed by atoms with Gasteiger partial charge in [0.05, 0.1) is 7.11 Å². The first-order valence-corrected chi connectivity index (χ1v) is 8.11. The number of amides is 1. The zero-order valence-electron chi connectivity index (χ0n) is 13.5. The number of nitrogens with zero attached hydrogens (tertiary/aromatic N) is 1. The molecule has 1 N–H and O–H groups in total. The number of hydrogen-bond acceptors (Lipinski definition) is 5. The molecule has 1 heterocycles. The number of methoxy groups -OCH3 is 1. The van der Waals surface area contributed by atoms with Crippen LogP contribution in [0.25, 0.3) is 10.6 Å². The van der Waals surface area contributed by atoms with Gasteiger partial charge in [-0.25, -0.2) is 4.98 Å². The third-order valence-corrected chi connectivity index (χ3v) is 3.82. The highest BCUT2D eigenvalue weighted by atomic mass is 32.1. The molecule has 2 aromatic rings. The lowest BCUT2D eigenvalue weighted by Crippen LogP contribution is -2.30. The SMILES string of the molecule is C=CCOc1ccc(-c2nc(C(=O)NC(C)C)cs2)cc1OC. The lowest BCUT2D eigenvalue weighted by atomic mass is 10.2. The van der Waals surface area contributed by atoms with Crippen molar-refractivity contribution in [2.45, 2.75) is 19.9 Å². The van der Waals surface area contributed by atoms with Gasteiger partial charge in [0.2, 0.25) is 0 Å². The summed E-state index contributed by atoms with van der Waals surface area (Å²) in [6.45, 7) is 7.86. The summed E-state index contributed by atoms with van der Waals surface area (Å²) >= 11 is 1.42. The Morgan fingerprint density at radius 3 is 2.87 bits per heavy atom. The Bertz CT molecular complexity index is 695. The third-order valence-electron chi connectivity index (χ3n) is 2.92. The number of ether oxygens (including phenoxy) is 2. The molecule has 1 aromatic carbocycles. The van der Waals surface area contributed by atoms with Crippen LogP contribution in [-0.2, 0) is 0 Å². The van der Waals surface area contributed by atoms with Crippen LogP contribution in [0, 0.1) is 0 Å². The molecule has 0 atom stereocenters. The molecule has 6 heteroatoms. The Hall–Kier alpha value is -2.34.